The van der Waals surface area contributed by atoms with E-state index in [0.717, 1.165) is 12.8 Å². The minimum atomic E-state index is -0.997. The molecule has 3 aromatic carbocycles. The molecule has 2 N–H and O–H groups in total. The molecule has 3 atom stereocenters. The van der Waals surface area contributed by atoms with Gasteiger partial charge in [0.1, 0.15) is 11.6 Å². The first-order valence-corrected chi connectivity index (χ1v) is 12.7. The van der Waals surface area contributed by atoms with E-state index in [1.165, 1.54) is 35.2 Å². The van der Waals surface area contributed by atoms with Gasteiger partial charge in [0, 0.05) is 18.8 Å². The van der Waals surface area contributed by atoms with Crippen LogP contribution in [0, 0.1) is 11.6 Å². The molecule has 0 saturated carbocycles. The van der Waals surface area contributed by atoms with Crippen LogP contribution in [-0.4, -0.2) is 48.1 Å². The number of benzene rings is 3. The fourth-order valence-corrected chi connectivity index (χ4v) is 4.72. The lowest BCUT2D eigenvalue weighted by Crippen LogP contribution is -2.47. The molecule has 2 heterocycles. The Kier molecular flexibility index (Phi) is 7.83. The van der Waals surface area contributed by atoms with E-state index in [0.29, 0.717) is 30.0 Å². The van der Waals surface area contributed by atoms with E-state index in [4.69, 9.17) is 9.47 Å². The maximum absolute atomic E-state index is 14.0. The zero-order valence-electron chi connectivity index (χ0n) is 20.9. The van der Waals surface area contributed by atoms with Crippen molar-refractivity contribution in [3.8, 4) is 0 Å². The molecule has 39 heavy (non-hydrogen) atoms. The molecule has 8 nitrogen and oxygen atoms in total. The number of carbonyl (C=O) groups excluding carboxylic acids is 3. The summed E-state index contributed by atoms with van der Waals surface area (Å²) in [5, 5.41) is 5.52. The van der Waals surface area contributed by atoms with Gasteiger partial charge in [-0.1, -0.05) is 36.4 Å². The number of amides is 3. The van der Waals surface area contributed by atoms with Gasteiger partial charge < -0.3 is 20.1 Å². The van der Waals surface area contributed by atoms with Crippen LogP contribution in [0.3, 0.4) is 0 Å². The fourth-order valence-electron chi connectivity index (χ4n) is 4.72. The molecule has 3 unspecified atom stereocenters. The van der Waals surface area contributed by atoms with Crippen molar-refractivity contribution < 1.29 is 32.6 Å². The molecular weight excluding hydrogens is 508 g/mol. The molecule has 0 radical (unpaired) electrons. The lowest BCUT2D eigenvalue weighted by Gasteiger charge is -2.25. The molecule has 0 aliphatic carbocycles. The van der Waals surface area contributed by atoms with Gasteiger partial charge in [-0.2, -0.15) is 0 Å². The first-order valence-electron chi connectivity index (χ1n) is 12.7. The van der Waals surface area contributed by atoms with Crippen molar-refractivity contribution in [1.82, 2.24) is 10.2 Å². The van der Waals surface area contributed by atoms with Crippen LogP contribution >= 0.6 is 0 Å². The van der Waals surface area contributed by atoms with E-state index >= 15 is 0 Å². The van der Waals surface area contributed by atoms with Crippen LogP contribution in [0.5, 0.6) is 0 Å². The Bertz CT molecular complexity index is 1340. The van der Waals surface area contributed by atoms with Crippen molar-refractivity contribution in [2.75, 3.05) is 18.5 Å². The third-order valence-corrected chi connectivity index (χ3v) is 6.76. The zero-order valence-corrected chi connectivity index (χ0v) is 20.9. The standard InChI is InChI=1S/C29H27F2N3O5/c30-20-11-7-18(8-12-20)17-34-25(28(36)32-16-22-4-3-15-38-22)26(39-29(34)37)19-9-13-21(14-10-19)33-27(35)23-5-1-2-6-24(23)31/h1-2,5-14,22,25-26H,3-4,15-17H2,(H,32,36)(H,33,35). The van der Waals surface area contributed by atoms with E-state index in [9.17, 15) is 23.2 Å². The average Bonchev–Trinajstić information content (AvgIpc) is 3.57. The topological polar surface area (TPSA) is 97.0 Å². The number of anilines is 1. The highest BCUT2D eigenvalue weighted by Crippen LogP contribution is 2.34. The van der Waals surface area contributed by atoms with Gasteiger partial charge in [-0.25, -0.2) is 13.6 Å². The first kappa shape index (κ1) is 26.3. The molecule has 5 rings (SSSR count). The zero-order chi connectivity index (χ0) is 27.4. The lowest BCUT2D eigenvalue weighted by molar-refractivity contribution is -0.126. The second kappa shape index (κ2) is 11.6. The van der Waals surface area contributed by atoms with Crippen LogP contribution in [0.15, 0.2) is 72.8 Å². The third-order valence-electron chi connectivity index (χ3n) is 6.76. The van der Waals surface area contributed by atoms with Crippen LogP contribution in [0.2, 0.25) is 0 Å². The molecule has 202 valence electrons. The van der Waals surface area contributed by atoms with Crippen molar-refractivity contribution in [3.63, 3.8) is 0 Å². The highest BCUT2D eigenvalue weighted by molar-refractivity contribution is 6.04. The summed E-state index contributed by atoms with van der Waals surface area (Å²) < 4.78 is 38.6. The summed E-state index contributed by atoms with van der Waals surface area (Å²) >= 11 is 0. The van der Waals surface area contributed by atoms with Gasteiger partial charge in [-0.3, -0.25) is 14.5 Å². The van der Waals surface area contributed by atoms with E-state index in [-0.39, 0.29) is 18.2 Å². The van der Waals surface area contributed by atoms with Gasteiger partial charge in [-0.15, -0.1) is 0 Å². The number of nitrogens with zero attached hydrogens (tertiary/aromatic N) is 1. The number of ether oxygens (including phenoxy) is 2. The Hall–Kier alpha value is -4.31. The molecule has 3 aromatic rings. The highest BCUT2D eigenvalue weighted by atomic mass is 19.1. The van der Waals surface area contributed by atoms with Gasteiger partial charge in [-0.05, 0) is 60.4 Å². The largest absolute Gasteiger partial charge is 0.438 e. The molecule has 2 aliphatic heterocycles. The third kappa shape index (κ3) is 6.06. The fraction of sp³-hybridized carbons (Fsp3) is 0.276. The van der Waals surface area contributed by atoms with Crippen molar-refractivity contribution in [2.45, 2.75) is 37.6 Å². The van der Waals surface area contributed by atoms with Crippen LogP contribution in [0.1, 0.15) is 40.4 Å². The summed E-state index contributed by atoms with van der Waals surface area (Å²) in [4.78, 5) is 40.1. The van der Waals surface area contributed by atoms with Crippen molar-refractivity contribution >= 4 is 23.6 Å². The second-order valence-electron chi connectivity index (χ2n) is 9.44. The Morgan fingerprint density at radius 3 is 2.41 bits per heavy atom. The average molecular weight is 536 g/mol. The molecule has 0 spiro atoms. The van der Waals surface area contributed by atoms with E-state index in [1.807, 2.05) is 0 Å². The van der Waals surface area contributed by atoms with Gasteiger partial charge in [0.15, 0.2) is 12.1 Å². The summed E-state index contributed by atoms with van der Waals surface area (Å²) in [5.41, 5.74) is 1.48. The smallest absolute Gasteiger partial charge is 0.411 e. The predicted octanol–water partition coefficient (Wildman–Crippen LogP) is 4.57. The summed E-state index contributed by atoms with van der Waals surface area (Å²) in [6.45, 7) is 0.997. The number of halogens is 2. The minimum Gasteiger partial charge on any atom is -0.438 e. The number of hydrogen-bond acceptors (Lipinski definition) is 5. The summed E-state index contributed by atoms with van der Waals surface area (Å²) in [5.74, 6) is -2.05. The Morgan fingerprint density at radius 1 is 0.974 bits per heavy atom. The molecule has 0 bridgehead atoms. The number of rotatable bonds is 8. The van der Waals surface area contributed by atoms with E-state index in [1.54, 1.807) is 42.5 Å². The van der Waals surface area contributed by atoms with Gasteiger partial charge in [0.2, 0.25) is 5.91 Å². The number of cyclic esters (lactones) is 1. The Labute approximate surface area is 223 Å². The van der Waals surface area contributed by atoms with Crippen molar-refractivity contribution in [1.29, 1.82) is 0 Å². The molecule has 3 amide bonds. The number of hydrogen-bond donors (Lipinski definition) is 2. The molecule has 2 saturated heterocycles. The van der Waals surface area contributed by atoms with Crippen LogP contribution < -0.4 is 10.6 Å². The van der Waals surface area contributed by atoms with Crippen LogP contribution in [-0.2, 0) is 20.8 Å². The highest BCUT2D eigenvalue weighted by Gasteiger charge is 2.47. The summed E-state index contributed by atoms with van der Waals surface area (Å²) in [6, 6.07) is 16.8. The van der Waals surface area contributed by atoms with Gasteiger partial charge in [0.25, 0.3) is 5.91 Å². The molecule has 10 heteroatoms. The minimum absolute atomic E-state index is 0.0460. The van der Waals surface area contributed by atoms with Crippen molar-refractivity contribution in [3.05, 3.63) is 101 Å². The van der Waals surface area contributed by atoms with Crippen LogP contribution in [0.25, 0.3) is 0 Å². The van der Waals surface area contributed by atoms with Crippen LogP contribution in [0.4, 0.5) is 19.3 Å². The monoisotopic (exact) mass is 535 g/mol. The maximum atomic E-state index is 14.0. The van der Waals surface area contributed by atoms with E-state index < -0.39 is 41.7 Å². The molecule has 2 aliphatic rings. The van der Waals surface area contributed by atoms with Crippen molar-refractivity contribution in [2.24, 2.45) is 0 Å². The molecular formula is C29H27F2N3O5. The number of carbonyl (C=O) groups is 3. The summed E-state index contributed by atoms with van der Waals surface area (Å²) in [6.07, 6.45) is 0.0546. The molecule has 0 aromatic heterocycles. The Morgan fingerprint density at radius 2 is 1.72 bits per heavy atom. The van der Waals surface area contributed by atoms with E-state index in [2.05, 4.69) is 10.6 Å². The summed E-state index contributed by atoms with van der Waals surface area (Å²) in [7, 11) is 0. The predicted molar refractivity (Wildman–Crippen MR) is 138 cm³/mol. The molecule has 2 fully saturated rings. The SMILES string of the molecule is O=C(Nc1ccc(C2OC(=O)N(Cc3ccc(F)cc3)C2C(=O)NCC2CCCO2)cc1)c1ccccc1F. The normalized spacial score (nSPS) is 20.5. The first-order chi connectivity index (χ1) is 18.9. The maximum Gasteiger partial charge on any atom is 0.411 e. The second-order valence-corrected chi connectivity index (χ2v) is 9.44. The lowest BCUT2D eigenvalue weighted by atomic mass is 10.00. The number of nitrogens with one attached hydrogen (secondary N) is 2. The van der Waals surface area contributed by atoms with Gasteiger partial charge in [0.05, 0.1) is 18.2 Å². The quantitative estimate of drug-likeness (QED) is 0.441. The van der Waals surface area contributed by atoms with Gasteiger partial charge >= 0.3 is 6.09 Å². The Balaban J connectivity index is 1.35.